The van der Waals surface area contributed by atoms with E-state index in [0.717, 1.165) is 51.4 Å². The minimum Gasteiger partial charge on any atom is -0.459 e. The van der Waals surface area contributed by atoms with Gasteiger partial charge in [-0.1, -0.05) is 52.0 Å². The molecule has 164 valence electrons. The molecular weight excluding hydrogens is 383 g/mol. The number of halogens is 1. The van der Waals surface area contributed by atoms with E-state index in [9.17, 15) is 9.59 Å². The topological polar surface area (TPSA) is 56.5 Å². The molecule has 0 atom stereocenters. The normalized spacial score (nSPS) is 19.2. The average molecular weight is 417 g/mol. The van der Waals surface area contributed by atoms with Crippen molar-refractivity contribution in [3.8, 4) is 0 Å². The molecule has 1 aromatic carbocycles. The lowest BCUT2D eigenvalue weighted by atomic mass is 9.85. The van der Waals surface area contributed by atoms with Crippen LogP contribution in [0.15, 0.2) is 27.4 Å². The fourth-order valence-corrected chi connectivity index (χ4v) is 4.46. The van der Waals surface area contributed by atoms with Gasteiger partial charge in [0.1, 0.15) is 17.3 Å². The molecule has 1 heterocycles. The Balaban J connectivity index is 1.71. The molecule has 0 N–H and O–H groups in total. The van der Waals surface area contributed by atoms with Crippen molar-refractivity contribution in [2.24, 2.45) is 5.92 Å². The Morgan fingerprint density at radius 2 is 1.87 bits per heavy atom. The zero-order valence-electron chi connectivity index (χ0n) is 18.2. The fourth-order valence-electron chi connectivity index (χ4n) is 4.46. The molecule has 4 nitrogen and oxygen atoms in total. The largest absolute Gasteiger partial charge is 0.459 e. The number of carbonyl (C=O) groups is 1. The number of unbranched alkanes of at least 4 members (excludes halogenated alkanes) is 3. The van der Waals surface area contributed by atoms with Crippen molar-refractivity contribution in [2.75, 3.05) is 0 Å². The lowest BCUT2D eigenvalue weighted by Gasteiger charge is -2.28. The molecule has 0 aliphatic heterocycles. The number of esters is 1. The van der Waals surface area contributed by atoms with Gasteiger partial charge in [-0.15, -0.1) is 0 Å². The van der Waals surface area contributed by atoms with E-state index >= 15 is 4.39 Å². The first-order valence-electron chi connectivity index (χ1n) is 11.5. The van der Waals surface area contributed by atoms with Crippen LogP contribution >= 0.6 is 0 Å². The van der Waals surface area contributed by atoms with Crippen LogP contribution in [-0.2, 0) is 11.2 Å². The van der Waals surface area contributed by atoms with Crippen LogP contribution in [0.2, 0.25) is 0 Å². The highest BCUT2D eigenvalue weighted by atomic mass is 19.1. The van der Waals surface area contributed by atoms with E-state index in [4.69, 9.17) is 9.15 Å². The number of rotatable bonds is 9. The summed E-state index contributed by atoms with van der Waals surface area (Å²) in [4.78, 5) is 25.0. The Hall–Kier alpha value is -2.17. The number of carbonyl (C=O) groups excluding carboxylic acids is 1. The van der Waals surface area contributed by atoms with Gasteiger partial charge in [-0.3, -0.25) is 0 Å². The van der Waals surface area contributed by atoms with Crippen LogP contribution in [0.3, 0.4) is 0 Å². The molecule has 1 aromatic heterocycles. The number of hydrogen-bond acceptors (Lipinski definition) is 4. The Labute approximate surface area is 177 Å². The molecule has 0 spiro atoms. The van der Waals surface area contributed by atoms with E-state index in [1.54, 1.807) is 12.1 Å². The van der Waals surface area contributed by atoms with Crippen LogP contribution in [0.25, 0.3) is 10.8 Å². The maximum absolute atomic E-state index is 15.0. The summed E-state index contributed by atoms with van der Waals surface area (Å²) in [6, 6.07) is 4.73. The van der Waals surface area contributed by atoms with E-state index in [-0.39, 0.29) is 17.1 Å². The van der Waals surface area contributed by atoms with Crippen LogP contribution in [-0.4, -0.2) is 12.1 Å². The molecule has 30 heavy (non-hydrogen) atoms. The van der Waals surface area contributed by atoms with Crippen molar-refractivity contribution in [1.82, 2.24) is 0 Å². The minimum atomic E-state index is -0.844. The molecule has 3 rings (SSSR count). The standard InChI is InChI=1S/C25H33FO4/c1-3-5-6-7-9-20-16-18-12-15-21(23(26)22(18)25(28)30-20)24(27)29-19-13-10-17(8-4-2)11-14-19/h12,15-17,19H,3-11,13-14H2,1-2H3. The SMILES string of the molecule is CCCCCCc1cc2ccc(C(=O)OC3CCC(CCC)CC3)c(F)c2c(=O)o1. The predicted molar refractivity (Wildman–Crippen MR) is 116 cm³/mol. The van der Waals surface area contributed by atoms with Gasteiger partial charge in [-0.2, -0.15) is 0 Å². The van der Waals surface area contributed by atoms with Crippen molar-refractivity contribution < 1.29 is 18.3 Å². The van der Waals surface area contributed by atoms with E-state index in [1.807, 2.05) is 0 Å². The van der Waals surface area contributed by atoms with Gasteiger partial charge in [0.15, 0.2) is 5.82 Å². The van der Waals surface area contributed by atoms with Gasteiger partial charge in [-0.25, -0.2) is 14.0 Å². The van der Waals surface area contributed by atoms with Crippen LogP contribution in [0, 0.1) is 11.7 Å². The summed E-state index contributed by atoms with van der Waals surface area (Å²) in [6.45, 7) is 4.32. The van der Waals surface area contributed by atoms with Crippen LogP contribution in [0.5, 0.6) is 0 Å². The highest BCUT2D eigenvalue weighted by molar-refractivity contribution is 5.95. The molecule has 0 saturated heterocycles. The van der Waals surface area contributed by atoms with E-state index in [0.29, 0.717) is 23.5 Å². The fraction of sp³-hybridized carbons (Fsp3) is 0.600. The van der Waals surface area contributed by atoms with Gasteiger partial charge in [0.25, 0.3) is 0 Å². The number of aryl methyl sites for hydroxylation is 1. The average Bonchev–Trinajstić information content (AvgIpc) is 2.73. The third kappa shape index (κ3) is 5.50. The lowest BCUT2D eigenvalue weighted by molar-refractivity contribution is 0.0157. The Morgan fingerprint density at radius 1 is 1.10 bits per heavy atom. The van der Waals surface area contributed by atoms with Crippen LogP contribution < -0.4 is 5.63 Å². The number of benzene rings is 1. The predicted octanol–water partition coefficient (Wildman–Crippen LogP) is 6.57. The molecule has 0 bridgehead atoms. The first-order valence-corrected chi connectivity index (χ1v) is 11.5. The second-order valence-corrected chi connectivity index (χ2v) is 8.54. The van der Waals surface area contributed by atoms with Gasteiger partial charge in [0.2, 0.25) is 0 Å². The molecule has 2 aromatic rings. The highest BCUT2D eigenvalue weighted by Gasteiger charge is 2.26. The summed E-state index contributed by atoms with van der Waals surface area (Å²) in [7, 11) is 0. The molecule has 1 saturated carbocycles. The summed E-state index contributed by atoms with van der Waals surface area (Å²) in [5.41, 5.74) is -0.925. The van der Waals surface area contributed by atoms with Crippen molar-refractivity contribution in [2.45, 2.75) is 90.6 Å². The zero-order chi connectivity index (χ0) is 21.5. The molecule has 5 heteroatoms. The summed E-state index contributed by atoms with van der Waals surface area (Å²) in [5.74, 6) is -0.287. The Bertz CT molecular complexity index is 909. The maximum atomic E-state index is 15.0. The summed E-state index contributed by atoms with van der Waals surface area (Å²) < 4.78 is 25.9. The van der Waals surface area contributed by atoms with E-state index < -0.39 is 17.4 Å². The third-order valence-electron chi connectivity index (χ3n) is 6.18. The molecule has 1 aliphatic carbocycles. The maximum Gasteiger partial charge on any atom is 0.346 e. The monoisotopic (exact) mass is 416 g/mol. The third-order valence-corrected chi connectivity index (χ3v) is 6.18. The Morgan fingerprint density at radius 3 is 2.57 bits per heavy atom. The number of ether oxygens (including phenoxy) is 1. The van der Waals surface area contributed by atoms with Crippen LogP contribution in [0.1, 0.15) is 94.2 Å². The first-order chi connectivity index (χ1) is 14.5. The van der Waals surface area contributed by atoms with Gasteiger partial charge in [-0.05, 0) is 55.5 Å². The highest BCUT2D eigenvalue weighted by Crippen LogP contribution is 2.30. The van der Waals surface area contributed by atoms with Crippen molar-refractivity contribution in [3.63, 3.8) is 0 Å². The summed E-state index contributed by atoms with van der Waals surface area (Å²) in [5, 5.41) is 0.291. The molecule has 1 aliphatic rings. The van der Waals surface area contributed by atoms with E-state index in [2.05, 4.69) is 13.8 Å². The molecule has 0 unspecified atom stereocenters. The molecule has 0 amide bonds. The van der Waals surface area contributed by atoms with E-state index in [1.165, 1.54) is 18.9 Å². The number of hydrogen-bond donors (Lipinski definition) is 0. The smallest absolute Gasteiger partial charge is 0.346 e. The number of fused-ring (bicyclic) bond motifs is 1. The van der Waals surface area contributed by atoms with Crippen LogP contribution in [0.4, 0.5) is 4.39 Å². The van der Waals surface area contributed by atoms with Gasteiger partial charge >= 0.3 is 11.6 Å². The van der Waals surface area contributed by atoms with Crippen molar-refractivity contribution in [3.05, 3.63) is 45.8 Å². The zero-order valence-corrected chi connectivity index (χ0v) is 18.2. The van der Waals surface area contributed by atoms with Gasteiger partial charge in [0, 0.05) is 6.42 Å². The molecule has 1 fully saturated rings. The second kappa shape index (κ2) is 10.7. The van der Waals surface area contributed by atoms with Crippen molar-refractivity contribution in [1.29, 1.82) is 0 Å². The van der Waals surface area contributed by atoms with Crippen molar-refractivity contribution >= 4 is 16.7 Å². The Kier molecular flexibility index (Phi) is 8.06. The van der Waals surface area contributed by atoms with Gasteiger partial charge in [0.05, 0.1) is 5.56 Å². The minimum absolute atomic E-state index is 0.173. The van der Waals surface area contributed by atoms with Gasteiger partial charge < -0.3 is 9.15 Å². The summed E-state index contributed by atoms with van der Waals surface area (Å²) in [6.07, 6.45) is 10.8. The summed E-state index contributed by atoms with van der Waals surface area (Å²) >= 11 is 0. The second-order valence-electron chi connectivity index (χ2n) is 8.54. The molecule has 0 radical (unpaired) electrons. The first kappa shape index (κ1) is 22.5. The molecular formula is C25H33FO4. The quantitative estimate of drug-likeness (QED) is 0.343. The lowest BCUT2D eigenvalue weighted by Crippen LogP contribution is -2.25.